The second-order valence-electron chi connectivity index (χ2n) is 9.88. The van der Waals surface area contributed by atoms with Gasteiger partial charge in [0.1, 0.15) is 0 Å². The van der Waals surface area contributed by atoms with Crippen LogP contribution in [0, 0.1) is 0 Å². The summed E-state index contributed by atoms with van der Waals surface area (Å²) in [5, 5.41) is 13.1. The Balaban J connectivity index is 1.21. The molecular weight excluding hydrogens is 468 g/mol. The summed E-state index contributed by atoms with van der Waals surface area (Å²) < 4.78 is 5.46. The zero-order valence-electron chi connectivity index (χ0n) is 20.5. The number of hydrogen-bond acceptors (Lipinski definition) is 6. The average molecular weight is 501 g/mol. The van der Waals surface area contributed by atoms with Crippen LogP contribution in [0.25, 0.3) is 22.2 Å². The number of nitrogens with zero attached hydrogens (tertiary/aromatic N) is 3. The molecule has 36 heavy (non-hydrogen) atoms. The van der Waals surface area contributed by atoms with Crippen molar-refractivity contribution in [2.24, 2.45) is 0 Å². The number of likely N-dealkylation sites (tertiary alicyclic amines) is 1. The van der Waals surface area contributed by atoms with Gasteiger partial charge >= 0.3 is 0 Å². The minimum Gasteiger partial charge on any atom is -0.379 e. The van der Waals surface area contributed by atoms with Crippen molar-refractivity contribution in [2.75, 3.05) is 39.4 Å². The topological polar surface area (TPSA) is 61.5 Å². The summed E-state index contributed by atoms with van der Waals surface area (Å²) in [5.41, 5.74) is 6.49. The number of aromatic nitrogens is 2. The molecule has 4 aromatic rings. The molecule has 1 atom stereocenters. The summed E-state index contributed by atoms with van der Waals surface area (Å²) in [6.07, 6.45) is 2.77. The van der Waals surface area contributed by atoms with Crippen molar-refractivity contribution < 1.29 is 9.53 Å². The van der Waals surface area contributed by atoms with E-state index >= 15 is 0 Å². The van der Waals surface area contributed by atoms with Gasteiger partial charge in [-0.15, -0.1) is 0 Å². The SMILES string of the molecule is O=C(Cc1ccc2[nH]nc(-c3ccc(CN4CCOCC4)cc3)c2c1)C(c1ccsc1)N1CCCC1. The predicted octanol–water partition coefficient (Wildman–Crippen LogP) is 5.07. The fraction of sp³-hybridized carbons (Fsp3) is 0.379. The molecule has 2 fully saturated rings. The number of ketones is 1. The number of thiophene rings is 1. The van der Waals surface area contributed by atoms with E-state index in [9.17, 15) is 4.79 Å². The Hall–Kier alpha value is -2.84. The number of carbonyl (C=O) groups excluding carboxylic acids is 1. The average Bonchev–Trinajstić information content (AvgIpc) is 3.69. The highest BCUT2D eigenvalue weighted by Crippen LogP contribution is 2.31. The van der Waals surface area contributed by atoms with Gasteiger partial charge in [-0.05, 0) is 71.6 Å². The first-order valence-electron chi connectivity index (χ1n) is 12.9. The zero-order chi connectivity index (χ0) is 24.3. The first-order chi connectivity index (χ1) is 17.7. The van der Waals surface area contributed by atoms with Crippen molar-refractivity contribution in [3.63, 3.8) is 0 Å². The maximum absolute atomic E-state index is 13.6. The molecule has 6 rings (SSSR count). The predicted molar refractivity (Wildman–Crippen MR) is 144 cm³/mol. The van der Waals surface area contributed by atoms with Crippen LogP contribution in [0.5, 0.6) is 0 Å². The van der Waals surface area contributed by atoms with Crippen molar-refractivity contribution in [1.29, 1.82) is 0 Å². The quantitative estimate of drug-likeness (QED) is 0.366. The van der Waals surface area contributed by atoms with Crippen LogP contribution in [0.1, 0.15) is 35.6 Å². The third kappa shape index (κ3) is 5.02. The number of hydrogen-bond donors (Lipinski definition) is 1. The van der Waals surface area contributed by atoms with Crippen LogP contribution in [0.2, 0.25) is 0 Å². The van der Waals surface area contributed by atoms with Gasteiger partial charge in [0.05, 0.1) is 30.5 Å². The number of Topliss-reactive ketones (excluding diaryl/α,β-unsaturated/α-hetero) is 1. The number of rotatable bonds is 8. The lowest BCUT2D eigenvalue weighted by molar-refractivity contribution is -0.123. The van der Waals surface area contributed by atoms with Gasteiger partial charge in [-0.1, -0.05) is 30.3 Å². The molecule has 2 saturated heterocycles. The van der Waals surface area contributed by atoms with E-state index < -0.39 is 0 Å². The molecule has 0 amide bonds. The Morgan fingerprint density at radius 1 is 1.00 bits per heavy atom. The van der Waals surface area contributed by atoms with Gasteiger partial charge in [0.2, 0.25) is 0 Å². The number of fused-ring (bicyclic) bond motifs is 1. The third-order valence-corrected chi connectivity index (χ3v) is 8.11. The number of nitrogens with one attached hydrogen (secondary N) is 1. The van der Waals surface area contributed by atoms with E-state index in [0.717, 1.165) is 79.2 Å². The van der Waals surface area contributed by atoms with E-state index in [1.165, 1.54) is 18.4 Å². The van der Waals surface area contributed by atoms with Crippen LogP contribution in [-0.2, 0) is 22.5 Å². The maximum Gasteiger partial charge on any atom is 0.158 e. The molecule has 0 aliphatic carbocycles. The molecule has 0 saturated carbocycles. The standard InChI is InChI=1S/C29H32N4O2S/c34-27(29(24-9-16-36-20-24)33-10-1-2-11-33)18-22-5-8-26-25(17-22)28(31-30-26)23-6-3-21(4-7-23)19-32-12-14-35-15-13-32/h3-9,16-17,20,29H,1-2,10-15,18-19H2,(H,30,31). The Kier molecular flexibility index (Phi) is 6.96. The first kappa shape index (κ1) is 23.6. The normalized spacial score (nSPS) is 18.1. The van der Waals surface area contributed by atoms with Crippen LogP contribution < -0.4 is 0 Å². The highest BCUT2D eigenvalue weighted by atomic mass is 32.1. The molecular formula is C29H32N4O2S. The Bertz CT molecular complexity index is 1300. The van der Waals surface area contributed by atoms with Crippen LogP contribution >= 0.6 is 11.3 Å². The van der Waals surface area contributed by atoms with Gasteiger partial charge in [0.15, 0.2) is 5.78 Å². The fourth-order valence-corrected chi connectivity index (χ4v) is 6.18. The third-order valence-electron chi connectivity index (χ3n) is 7.41. The number of benzene rings is 2. The van der Waals surface area contributed by atoms with Gasteiger partial charge in [-0.2, -0.15) is 16.4 Å². The molecule has 0 radical (unpaired) electrons. The highest BCUT2D eigenvalue weighted by molar-refractivity contribution is 7.08. The number of H-pyrrole nitrogens is 1. The lowest BCUT2D eigenvalue weighted by atomic mass is 9.97. The Morgan fingerprint density at radius 3 is 2.53 bits per heavy atom. The minimum atomic E-state index is -0.141. The summed E-state index contributed by atoms with van der Waals surface area (Å²) in [5.74, 6) is 0.271. The summed E-state index contributed by atoms with van der Waals surface area (Å²) in [6.45, 7) is 6.54. The molecule has 2 aromatic heterocycles. The zero-order valence-corrected chi connectivity index (χ0v) is 21.3. The molecule has 0 spiro atoms. The summed E-state index contributed by atoms with van der Waals surface area (Å²) in [6, 6.07) is 16.9. The van der Waals surface area contributed by atoms with Crippen molar-refractivity contribution in [1.82, 2.24) is 20.0 Å². The number of carbonyl (C=O) groups is 1. The van der Waals surface area contributed by atoms with Crippen LogP contribution in [0.3, 0.4) is 0 Å². The Morgan fingerprint density at radius 2 is 1.78 bits per heavy atom. The van der Waals surface area contributed by atoms with Crippen molar-refractivity contribution >= 4 is 28.0 Å². The molecule has 7 heteroatoms. The first-order valence-corrected chi connectivity index (χ1v) is 13.8. The van der Waals surface area contributed by atoms with Crippen molar-refractivity contribution in [3.8, 4) is 11.3 Å². The van der Waals surface area contributed by atoms with E-state index in [1.54, 1.807) is 11.3 Å². The van der Waals surface area contributed by atoms with Gasteiger partial charge in [0, 0.05) is 37.0 Å². The number of morpholine rings is 1. The van der Waals surface area contributed by atoms with E-state index in [-0.39, 0.29) is 11.8 Å². The molecule has 6 nitrogen and oxygen atoms in total. The van der Waals surface area contributed by atoms with Gasteiger partial charge < -0.3 is 4.74 Å². The van der Waals surface area contributed by atoms with E-state index in [0.29, 0.717) is 6.42 Å². The summed E-state index contributed by atoms with van der Waals surface area (Å²) in [7, 11) is 0. The lowest BCUT2D eigenvalue weighted by Crippen LogP contribution is -2.35. The smallest absolute Gasteiger partial charge is 0.158 e. The molecule has 186 valence electrons. The number of aromatic amines is 1. The minimum absolute atomic E-state index is 0.141. The van der Waals surface area contributed by atoms with E-state index in [4.69, 9.17) is 4.74 Å². The highest BCUT2D eigenvalue weighted by Gasteiger charge is 2.29. The summed E-state index contributed by atoms with van der Waals surface area (Å²) >= 11 is 1.66. The van der Waals surface area contributed by atoms with Gasteiger partial charge in [0.25, 0.3) is 0 Å². The molecule has 1 N–H and O–H groups in total. The van der Waals surface area contributed by atoms with E-state index in [1.807, 2.05) is 0 Å². The fourth-order valence-electron chi connectivity index (χ4n) is 5.51. The largest absolute Gasteiger partial charge is 0.379 e. The van der Waals surface area contributed by atoms with Crippen molar-refractivity contribution in [2.45, 2.75) is 31.8 Å². The monoisotopic (exact) mass is 500 g/mol. The summed E-state index contributed by atoms with van der Waals surface area (Å²) in [4.78, 5) is 18.3. The number of ether oxygens (including phenoxy) is 1. The second-order valence-corrected chi connectivity index (χ2v) is 10.7. The molecule has 2 aliphatic rings. The van der Waals surface area contributed by atoms with Gasteiger partial charge in [-0.3, -0.25) is 19.7 Å². The van der Waals surface area contributed by atoms with Crippen molar-refractivity contribution in [3.05, 3.63) is 76.0 Å². The van der Waals surface area contributed by atoms with Gasteiger partial charge in [-0.25, -0.2) is 0 Å². The van der Waals surface area contributed by atoms with Crippen LogP contribution in [-0.4, -0.2) is 65.2 Å². The molecule has 0 bridgehead atoms. The molecule has 2 aliphatic heterocycles. The molecule has 4 heterocycles. The molecule has 1 unspecified atom stereocenters. The second kappa shape index (κ2) is 10.6. The Labute approximate surface area is 215 Å². The molecule has 2 aromatic carbocycles. The maximum atomic E-state index is 13.6. The van der Waals surface area contributed by atoms with E-state index in [2.05, 4.69) is 79.3 Å². The lowest BCUT2D eigenvalue weighted by Gasteiger charge is -2.26. The van der Waals surface area contributed by atoms with Crippen LogP contribution in [0.4, 0.5) is 0 Å². The van der Waals surface area contributed by atoms with Crippen LogP contribution in [0.15, 0.2) is 59.3 Å².